The third-order valence-corrected chi connectivity index (χ3v) is 7.37. The van der Waals surface area contributed by atoms with Gasteiger partial charge in [0, 0.05) is 18.0 Å². The summed E-state index contributed by atoms with van der Waals surface area (Å²) in [5.74, 6) is 0. The van der Waals surface area contributed by atoms with E-state index < -0.39 is 0 Å². The molecule has 5 nitrogen and oxygen atoms in total. The number of halogens is 1. The van der Waals surface area contributed by atoms with Crippen molar-refractivity contribution in [2.75, 3.05) is 11.9 Å². The van der Waals surface area contributed by atoms with Crippen molar-refractivity contribution < 1.29 is 4.79 Å². The van der Waals surface area contributed by atoms with Crippen LogP contribution in [-0.4, -0.2) is 27.9 Å². The fraction of sp³-hybridized carbons (Fsp3) is 0.160. The molecule has 1 saturated heterocycles. The molecule has 4 aromatic rings. The first kappa shape index (κ1) is 21.9. The van der Waals surface area contributed by atoms with E-state index >= 15 is 0 Å². The normalized spacial score (nSPS) is 16.9. The van der Waals surface area contributed by atoms with Gasteiger partial charge < -0.3 is 10.6 Å². The van der Waals surface area contributed by atoms with Crippen molar-refractivity contribution in [3.8, 4) is 0 Å². The van der Waals surface area contributed by atoms with Gasteiger partial charge in [0.25, 0.3) is 0 Å². The topological polar surface area (TPSA) is 66.4 Å². The number of rotatable bonds is 7. The molecule has 33 heavy (non-hydrogen) atoms. The third-order valence-electron chi connectivity index (χ3n) is 5.27. The van der Waals surface area contributed by atoms with Crippen LogP contribution in [0.2, 0.25) is 5.02 Å². The highest BCUT2D eigenvalue weighted by molar-refractivity contribution is 8.27. The fourth-order valence-corrected chi connectivity index (χ4v) is 5.58. The molecule has 0 amide bonds. The molecule has 166 valence electrons. The monoisotopic (exact) mass is 492 g/mol. The maximum Gasteiger partial charge on any atom is 0.219 e. The van der Waals surface area contributed by atoms with Gasteiger partial charge in [-0.15, -0.1) is 0 Å². The van der Waals surface area contributed by atoms with E-state index in [0.29, 0.717) is 11.6 Å². The number of hydrogen-bond donors (Lipinski definition) is 2. The predicted octanol–water partition coefficient (Wildman–Crippen LogP) is 6.07. The van der Waals surface area contributed by atoms with Crippen LogP contribution in [-0.2, 0) is 17.6 Å². The summed E-state index contributed by atoms with van der Waals surface area (Å²) in [6, 6.07) is 23.6. The van der Waals surface area contributed by atoms with Crippen LogP contribution in [0.3, 0.4) is 0 Å². The highest BCUT2D eigenvalue weighted by Crippen LogP contribution is 2.28. The van der Waals surface area contributed by atoms with Crippen LogP contribution in [0, 0.1) is 0 Å². The Morgan fingerprint density at radius 1 is 1.03 bits per heavy atom. The third kappa shape index (κ3) is 5.55. The maximum atomic E-state index is 12.3. The van der Waals surface area contributed by atoms with Crippen molar-refractivity contribution >= 4 is 66.0 Å². The Hall–Kier alpha value is -2.87. The first-order chi connectivity index (χ1) is 16.1. The number of aliphatic imine (C=N–C) groups is 1. The van der Waals surface area contributed by atoms with Crippen LogP contribution in [0.4, 0.5) is 10.8 Å². The Kier molecular flexibility index (Phi) is 6.62. The van der Waals surface area contributed by atoms with E-state index in [1.807, 2.05) is 60.7 Å². The molecule has 0 saturated carbocycles. The molecule has 8 heteroatoms. The minimum Gasteiger partial charge on any atom is -0.361 e. The smallest absolute Gasteiger partial charge is 0.219 e. The van der Waals surface area contributed by atoms with Gasteiger partial charge in [0.15, 0.2) is 10.3 Å². The van der Waals surface area contributed by atoms with Gasteiger partial charge in [-0.2, -0.15) is 0 Å². The Morgan fingerprint density at radius 3 is 2.67 bits per heavy atom. The largest absolute Gasteiger partial charge is 0.361 e. The summed E-state index contributed by atoms with van der Waals surface area (Å²) in [6.45, 7) is 0.786. The highest BCUT2D eigenvalue weighted by Gasteiger charge is 2.29. The Morgan fingerprint density at radius 2 is 1.85 bits per heavy atom. The van der Waals surface area contributed by atoms with Gasteiger partial charge in [0.05, 0.1) is 15.9 Å². The first-order valence-electron chi connectivity index (χ1n) is 10.6. The predicted molar refractivity (Wildman–Crippen MR) is 140 cm³/mol. The molecule has 3 aromatic carbocycles. The molecule has 0 unspecified atom stereocenters. The number of amidine groups is 1. The molecule has 1 aliphatic rings. The van der Waals surface area contributed by atoms with Crippen molar-refractivity contribution in [1.29, 1.82) is 0 Å². The molecule has 2 N–H and O–H groups in total. The number of nitrogens with one attached hydrogen (secondary N) is 2. The molecular weight excluding hydrogens is 472 g/mol. The average molecular weight is 493 g/mol. The van der Waals surface area contributed by atoms with Gasteiger partial charge in [-0.3, -0.25) is 4.79 Å². The molecule has 0 bridgehead atoms. The van der Waals surface area contributed by atoms with Crippen LogP contribution >= 0.6 is 34.7 Å². The summed E-state index contributed by atoms with van der Waals surface area (Å²) in [6.07, 6.45) is 1.54. The number of thiazole rings is 1. The number of carbonyl (C=O) groups excluding carboxylic acids is 1. The second kappa shape index (κ2) is 9.95. The Balaban J connectivity index is 1.15. The molecule has 5 rings (SSSR count). The lowest BCUT2D eigenvalue weighted by Gasteiger charge is -2.08. The zero-order valence-corrected chi connectivity index (χ0v) is 20.0. The molecule has 2 heterocycles. The number of aromatic nitrogens is 1. The Bertz CT molecular complexity index is 1310. The quantitative estimate of drug-likeness (QED) is 0.328. The lowest BCUT2D eigenvalue weighted by atomic mass is 10.1. The number of carbonyl (C=O) groups is 1. The average Bonchev–Trinajstić information content (AvgIpc) is 3.37. The molecule has 1 aromatic heterocycles. The molecule has 0 aliphatic carbocycles. The van der Waals surface area contributed by atoms with Gasteiger partial charge in [-0.25, -0.2) is 9.98 Å². The number of fused-ring (bicyclic) bond motifs is 1. The first-order valence-corrected chi connectivity index (χ1v) is 12.6. The van der Waals surface area contributed by atoms with Gasteiger partial charge in [-0.1, -0.05) is 65.4 Å². The summed E-state index contributed by atoms with van der Waals surface area (Å²) in [5.41, 5.74) is 4.13. The summed E-state index contributed by atoms with van der Waals surface area (Å²) in [5, 5.41) is 9.04. The van der Waals surface area contributed by atoms with Gasteiger partial charge in [0.2, 0.25) is 5.12 Å². The van der Waals surface area contributed by atoms with Crippen LogP contribution in [0.5, 0.6) is 0 Å². The summed E-state index contributed by atoms with van der Waals surface area (Å²) >= 11 is 8.84. The van der Waals surface area contributed by atoms with Crippen molar-refractivity contribution in [3.05, 3.63) is 88.9 Å². The van der Waals surface area contributed by atoms with Crippen LogP contribution in [0.25, 0.3) is 10.2 Å². The van der Waals surface area contributed by atoms with Crippen LogP contribution in [0.15, 0.2) is 77.8 Å². The highest BCUT2D eigenvalue weighted by atomic mass is 35.5. The second-order valence-electron chi connectivity index (χ2n) is 7.70. The van der Waals surface area contributed by atoms with Gasteiger partial charge in [0.1, 0.15) is 6.04 Å². The SMILES string of the molecule is O=C1S/C(=N\c2ccc(CCNc3nc4ccc(Cl)cc4s3)cc2)N[C@H]1Cc1ccccc1. The zero-order valence-electron chi connectivity index (χ0n) is 17.6. The molecule has 1 fully saturated rings. The number of benzene rings is 3. The van der Waals surface area contributed by atoms with E-state index in [2.05, 4.69) is 32.7 Å². The van der Waals surface area contributed by atoms with Gasteiger partial charge in [-0.05, 0) is 59.6 Å². The number of anilines is 1. The van der Waals surface area contributed by atoms with E-state index in [1.54, 1.807) is 11.3 Å². The summed E-state index contributed by atoms with van der Waals surface area (Å²) in [4.78, 5) is 21.5. The minimum atomic E-state index is -0.236. The lowest BCUT2D eigenvalue weighted by molar-refractivity contribution is -0.112. The Labute approximate surface area is 205 Å². The molecule has 1 aliphatic heterocycles. The number of nitrogens with zero attached hydrogens (tertiary/aromatic N) is 2. The zero-order chi connectivity index (χ0) is 22.6. The van der Waals surface area contributed by atoms with Crippen LogP contribution < -0.4 is 10.6 Å². The van der Waals surface area contributed by atoms with E-state index in [0.717, 1.165) is 44.6 Å². The second-order valence-corrected chi connectivity index (χ2v) is 10.2. The standard InChI is InChI=1S/C25H21ClN4OS2/c26-18-8-11-20-22(15-18)32-24(29-20)27-13-12-16-6-9-19(10-7-16)28-25-30-21(23(31)33-25)14-17-4-2-1-3-5-17/h1-11,15,21H,12-14H2,(H,27,29)(H,28,30)/t21-/m0/s1. The van der Waals surface area contributed by atoms with Crippen molar-refractivity contribution in [1.82, 2.24) is 10.3 Å². The van der Waals surface area contributed by atoms with Crippen molar-refractivity contribution in [3.63, 3.8) is 0 Å². The maximum absolute atomic E-state index is 12.3. The van der Waals surface area contributed by atoms with Gasteiger partial charge >= 0.3 is 0 Å². The number of thioether (sulfide) groups is 1. The summed E-state index contributed by atoms with van der Waals surface area (Å²) in [7, 11) is 0. The molecule has 1 atom stereocenters. The molecular formula is C25H21ClN4OS2. The fourth-order valence-electron chi connectivity index (χ4n) is 3.59. The lowest BCUT2D eigenvalue weighted by Crippen LogP contribution is -2.31. The molecule has 0 spiro atoms. The number of hydrogen-bond acceptors (Lipinski definition) is 6. The van der Waals surface area contributed by atoms with Crippen molar-refractivity contribution in [2.45, 2.75) is 18.9 Å². The van der Waals surface area contributed by atoms with Crippen molar-refractivity contribution in [2.24, 2.45) is 4.99 Å². The van der Waals surface area contributed by atoms with E-state index in [4.69, 9.17) is 11.6 Å². The molecule has 0 radical (unpaired) electrons. The van der Waals surface area contributed by atoms with E-state index in [9.17, 15) is 4.79 Å². The van der Waals surface area contributed by atoms with Crippen LogP contribution in [0.1, 0.15) is 11.1 Å². The summed E-state index contributed by atoms with van der Waals surface area (Å²) < 4.78 is 1.08. The van der Waals surface area contributed by atoms with E-state index in [-0.39, 0.29) is 11.2 Å². The van der Waals surface area contributed by atoms with E-state index in [1.165, 1.54) is 17.3 Å². The minimum absolute atomic E-state index is 0.109.